The van der Waals surface area contributed by atoms with Crippen LogP contribution in [0, 0.1) is 5.92 Å². The third-order valence-corrected chi connectivity index (χ3v) is 5.19. The summed E-state index contributed by atoms with van der Waals surface area (Å²) in [6, 6.07) is 0. The van der Waals surface area contributed by atoms with Crippen molar-refractivity contribution in [1.82, 2.24) is 14.8 Å². The van der Waals surface area contributed by atoms with E-state index in [1.165, 1.54) is 11.3 Å². The molecule has 0 aliphatic carbocycles. The maximum Gasteiger partial charge on any atom is 0.282 e. The second-order valence-electron chi connectivity index (χ2n) is 5.85. The van der Waals surface area contributed by atoms with Crippen molar-refractivity contribution in [2.24, 2.45) is 5.92 Å². The van der Waals surface area contributed by atoms with E-state index in [1.54, 1.807) is 4.90 Å². The number of carbonyl (C=O) groups excluding carboxylic acids is 2. The van der Waals surface area contributed by atoms with Crippen LogP contribution in [-0.2, 0) is 17.6 Å². The summed E-state index contributed by atoms with van der Waals surface area (Å²) in [4.78, 5) is 33.9. The van der Waals surface area contributed by atoms with Gasteiger partial charge in [0.25, 0.3) is 5.91 Å². The highest BCUT2D eigenvalue weighted by Crippen LogP contribution is 2.24. The van der Waals surface area contributed by atoms with Crippen LogP contribution in [0.5, 0.6) is 0 Å². The molecule has 0 aromatic carbocycles. The molecule has 0 fully saturated rings. The Morgan fingerprint density at radius 2 is 1.86 bits per heavy atom. The molecule has 0 radical (unpaired) electrons. The van der Waals surface area contributed by atoms with Crippen LogP contribution >= 0.6 is 11.3 Å². The highest BCUT2D eigenvalue weighted by Gasteiger charge is 2.25. The fraction of sp³-hybridized carbons (Fsp3) is 0.688. The molecule has 2 heterocycles. The predicted octanol–water partition coefficient (Wildman–Crippen LogP) is 2.21. The van der Waals surface area contributed by atoms with E-state index >= 15 is 0 Å². The monoisotopic (exact) mass is 323 g/mol. The van der Waals surface area contributed by atoms with E-state index in [0.29, 0.717) is 24.6 Å². The Kier molecular flexibility index (Phi) is 5.56. The summed E-state index contributed by atoms with van der Waals surface area (Å²) in [6.45, 7) is 10.7. The third-order valence-electron chi connectivity index (χ3n) is 4.04. The summed E-state index contributed by atoms with van der Waals surface area (Å²) in [5.74, 6) is 0.261. The Hall–Kier alpha value is -1.43. The van der Waals surface area contributed by atoms with Gasteiger partial charge in [-0.05, 0) is 13.8 Å². The first-order valence-electron chi connectivity index (χ1n) is 8.04. The largest absolute Gasteiger partial charge is 0.342 e. The van der Waals surface area contributed by atoms with Crippen molar-refractivity contribution in [2.45, 2.75) is 40.5 Å². The van der Waals surface area contributed by atoms with Crippen LogP contribution in [0.1, 0.15) is 48.1 Å². The van der Waals surface area contributed by atoms with Gasteiger partial charge in [0.05, 0.1) is 5.69 Å². The molecule has 2 amide bonds. The average molecular weight is 323 g/mol. The number of hydrogen-bond donors (Lipinski definition) is 0. The zero-order valence-corrected chi connectivity index (χ0v) is 14.7. The van der Waals surface area contributed by atoms with Crippen molar-refractivity contribution < 1.29 is 9.59 Å². The van der Waals surface area contributed by atoms with Gasteiger partial charge in [-0.15, -0.1) is 11.3 Å². The van der Waals surface area contributed by atoms with Crippen molar-refractivity contribution >= 4 is 23.2 Å². The fourth-order valence-corrected chi connectivity index (χ4v) is 3.75. The number of nitrogens with zero attached hydrogens (tertiary/aromatic N) is 3. The Balaban J connectivity index is 2.10. The molecule has 0 atom stereocenters. The highest BCUT2D eigenvalue weighted by atomic mass is 32.1. The molecule has 0 bridgehead atoms. The Morgan fingerprint density at radius 1 is 1.23 bits per heavy atom. The lowest BCUT2D eigenvalue weighted by atomic mass is 10.2. The molecule has 122 valence electrons. The topological polar surface area (TPSA) is 53.5 Å². The Bertz CT molecular complexity index is 524. The molecule has 1 aliphatic rings. The Morgan fingerprint density at radius 3 is 2.45 bits per heavy atom. The smallest absolute Gasteiger partial charge is 0.282 e. The zero-order valence-electron chi connectivity index (χ0n) is 13.9. The summed E-state index contributed by atoms with van der Waals surface area (Å²) < 4.78 is 0. The molecule has 5 nitrogen and oxygen atoms in total. The van der Waals surface area contributed by atoms with Crippen molar-refractivity contribution in [2.75, 3.05) is 26.2 Å². The van der Waals surface area contributed by atoms with Gasteiger partial charge in [-0.25, -0.2) is 4.98 Å². The molecule has 6 heteroatoms. The minimum absolute atomic E-state index is 0.0261. The van der Waals surface area contributed by atoms with E-state index < -0.39 is 0 Å². The molecule has 22 heavy (non-hydrogen) atoms. The second kappa shape index (κ2) is 7.22. The quantitative estimate of drug-likeness (QED) is 0.853. The molecule has 1 aromatic heterocycles. The van der Waals surface area contributed by atoms with E-state index in [9.17, 15) is 9.59 Å². The number of rotatable bonds is 4. The van der Waals surface area contributed by atoms with Gasteiger partial charge in [-0.3, -0.25) is 9.59 Å². The molecule has 1 aromatic rings. The van der Waals surface area contributed by atoms with Crippen LogP contribution in [0.2, 0.25) is 0 Å². The van der Waals surface area contributed by atoms with Crippen molar-refractivity contribution in [3.05, 3.63) is 15.6 Å². The minimum atomic E-state index is 0.0261. The standard InChI is InChI=1S/C16H25N3O2S/c1-5-18(6-2)16(21)14-17-12-7-9-19(15(20)11(3)4)10-8-13(12)22-14/h11H,5-10H2,1-4H3. The lowest BCUT2D eigenvalue weighted by Gasteiger charge is -2.22. The average Bonchev–Trinajstić information content (AvgIpc) is 2.81. The van der Waals surface area contributed by atoms with E-state index in [1.807, 2.05) is 32.6 Å². The summed E-state index contributed by atoms with van der Waals surface area (Å²) in [6.07, 6.45) is 1.55. The van der Waals surface area contributed by atoms with Gasteiger partial charge >= 0.3 is 0 Å². The summed E-state index contributed by atoms with van der Waals surface area (Å²) >= 11 is 1.50. The normalized spacial score (nSPS) is 14.7. The van der Waals surface area contributed by atoms with Gasteiger partial charge in [0.15, 0.2) is 5.01 Å². The minimum Gasteiger partial charge on any atom is -0.342 e. The lowest BCUT2D eigenvalue weighted by molar-refractivity contribution is -0.134. The van der Waals surface area contributed by atoms with Crippen LogP contribution in [0.25, 0.3) is 0 Å². The molecular weight excluding hydrogens is 298 g/mol. The maximum absolute atomic E-state index is 12.4. The van der Waals surface area contributed by atoms with E-state index in [4.69, 9.17) is 0 Å². The molecule has 0 N–H and O–H groups in total. The van der Waals surface area contributed by atoms with Crippen molar-refractivity contribution in [3.63, 3.8) is 0 Å². The molecule has 0 saturated heterocycles. The number of aromatic nitrogens is 1. The number of hydrogen-bond acceptors (Lipinski definition) is 4. The van der Waals surface area contributed by atoms with Crippen molar-refractivity contribution in [1.29, 1.82) is 0 Å². The number of carbonyl (C=O) groups is 2. The summed E-state index contributed by atoms with van der Waals surface area (Å²) in [5.41, 5.74) is 1.000. The SMILES string of the molecule is CCN(CC)C(=O)c1nc2c(s1)CCN(C(=O)C(C)C)CC2. The Labute approximate surface area is 136 Å². The fourth-order valence-electron chi connectivity index (χ4n) is 2.69. The maximum atomic E-state index is 12.4. The first-order chi connectivity index (χ1) is 10.5. The third kappa shape index (κ3) is 3.48. The van der Waals surface area contributed by atoms with Crippen LogP contribution in [-0.4, -0.2) is 52.8 Å². The van der Waals surface area contributed by atoms with Crippen LogP contribution in [0.15, 0.2) is 0 Å². The number of amides is 2. The van der Waals surface area contributed by atoms with Gasteiger partial charge in [0, 0.05) is 49.8 Å². The zero-order chi connectivity index (χ0) is 16.3. The van der Waals surface area contributed by atoms with Crippen LogP contribution in [0.4, 0.5) is 0 Å². The first-order valence-corrected chi connectivity index (χ1v) is 8.86. The van der Waals surface area contributed by atoms with E-state index in [-0.39, 0.29) is 17.7 Å². The molecule has 0 saturated carbocycles. The molecule has 0 unspecified atom stereocenters. The van der Waals surface area contributed by atoms with E-state index in [2.05, 4.69) is 4.98 Å². The van der Waals surface area contributed by atoms with Gasteiger partial charge in [0.2, 0.25) is 5.91 Å². The van der Waals surface area contributed by atoms with Crippen molar-refractivity contribution in [3.8, 4) is 0 Å². The summed E-state index contributed by atoms with van der Waals surface area (Å²) in [5, 5.41) is 0.595. The molecule has 0 spiro atoms. The highest BCUT2D eigenvalue weighted by molar-refractivity contribution is 7.13. The van der Waals surface area contributed by atoms with Crippen LogP contribution < -0.4 is 0 Å². The lowest BCUT2D eigenvalue weighted by Crippen LogP contribution is -2.36. The number of thiazole rings is 1. The van der Waals surface area contributed by atoms with Gasteiger partial charge < -0.3 is 9.80 Å². The molecule has 2 rings (SSSR count). The van der Waals surface area contributed by atoms with E-state index in [0.717, 1.165) is 30.0 Å². The first kappa shape index (κ1) is 16.9. The van der Waals surface area contributed by atoms with Gasteiger partial charge in [0.1, 0.15) is 0 Å². The molecule has 1 aliphatic heterocycles. The van der Waals surface area contributed by atoms with Crippen LogP contribution in [0.3, 0.4) is 0 Å². The number of fused-ring (bicyclic) bond motifs is 1. The molecular formula is C16H25N3O2S. The predicted molar refractivity (Wildman–Crippen MR) is 88.2 cm³/mol. The second-order valence-corrected chi connectivity index (χ2v) is 6.93. The summed E-state index contributed by atoms with van der Waals surface area (Å²) in [7, 11) is 0. The van der Waals surface area contributed by atoms with Gasteiger partial charge in [-0.1, -0.05) is 13.8 Å². The van der Waals surface area contributed by atoms with Gasteiger partial charge in [-0.2, -0.15) is 0 Å².